The van der Waals surface area contributed by atoms with Gasteiger partial charge in [0, 0.05) is 24.5 Å². The van der Waals surface area contributed by atoms with Gasteiger partial charge in [-0.05, 0) is 57.9 Å². The second-order valence-electron chi connectivity index (χ2n) is 8.29. The molecular formula is C21H33N3O6S. The molecule has 1 aromatic rings. The number of thioether (sulfide) groups is 1. The third-order valence-corrected chi connectivity index (χ3v) is 6.33. The van der Waals surface area contributed by atoms with E-state index in [0.717, 1.165) is 10.6 Å². The number of aliphatic hydroxyl groups is 1. The Morgan fingerprint density at radius 1 is 1.39 bits per heavy atom. The summed E-state index contributed by atoms with van der Waals surface area (Å²) in [6.45, 7) is 6.65. The van der Waals surface area contributed by atoms with Gasteiger partial charge >= 0.3 is 0 Å². The second kappa shape index (κ2) is 11.5. The summed E-state index contributed by atoms with van der Waals surface area (Å²) in [6.07, 6.45) is 2.02. The molecule has 174 valence electrons. The molecule has 1 saturated heterocycles. The number of likely N-dealkylation sites (tertiary alicyclic amines) is 1. The van der Waals surface area contributed by atoms with E-state index in [9.17, 15) is 20.0 Å². The Kier molecular flexibility index (Phi) is 9.39. The number of hydrogen-bond acceptors (Lipinski definition) is 8. The van der Waals surface area contributed by atoms with Crippen LogP contribution in [0.1, 0.15) is 33.6 Å². The second-order valence-corrected chi connectivity index (χ2v) is 9.13. The van der Waals surface area contributed by atoms with Gasteiger partial charge in [-0.25, -0.2) is 0 Å². The number of para-hydroxylation sites is 1. The average molecular weight is 456 g/mol. The maximum atomic E-state index is 13.0. The smallest absolute Gasteiger partial charge is 0.294 e. The maximum Gasteiger partial charge on any atom is 0.294 e. The van der Waals surface area contributed by atoms with E-state index in [1.165, 1.54) is 0 Å². The van der Waals surface area contributed by atoms with E-state index in [1.807, 2.05) is 30.5 Å². The van der Waals surface area contributed by atoms with Gasteiger partial charge in [0.1, 0.15) is 24.6 Å². The molecule has 0 radical (unpaired) electrons. The van der Waals surface area contributed by atoms with Crippen LogP contribution >= 0.6 is 11.8 Å². The van der Waals surface area contributed by atoms with Gasteiger partial charge < -0.3 is 24.9 Å². The van der Waals surface area contributed by atoms with Gasteiger partial charge in [-0.2, -0.15) is 0 Å². The lowest BCUT2D eigenvalue weighted by Gasteiger charge is -2.38. The van der Waals surface area contributed by atoms with E-state index in [0.29, 0.717) is 25.9 Å². The number of benzene rings is 1. The third kappa shape index (κ3) is 7.55. The Morgan fingerprint density at radius 3 is 2.65 bits per heavy atom. The minimum absolute atomic E-state index is 0.0497. The Bertz CT molecular complexity index is 740. The van der Waals surface area contributed by atoms with Crippen molar-refractivity contribution in [1.82, 2.24) is 10.2 Å². The summed E-state index contributed by atoms with van der Waals surface area (Å²) in [5, 5.41) is 23.2. The molecule has 2 rings (SSSR count). The third-order valence-electron chi connectivity index (χ3n) is 5.56. The Morgan fingerprint density at radius 2 is 2.03 bits per heavy atom. The number of amides is 1. The van der Waals surface area contributed by atoms with Gasteiger partial charge in [-0.3, -0.25) is 4.79 Å². The number of ether oxygens (including phenoxy) is 1. The summed E-state index contributed by atoms with van der Waals surface area (Å²) < 4.78 is 5.73. The number of nitrogens with zero attached hydrogens (tertiary/aromatic N) is 2. The molecule has 2 N–H and O–H groups in total. The molecule has 2 unspecified atom stereocenters. The molecule has 1 aromatic carbocycles. The highest BCUT2D eigenvalue weighted by molar-refractivity contribution is 7.98. The van der Waals surface area contributed by atoms with Crippen LogP contribution in [-0.2, 0) is 9.63 Å². The maximum absolute atomic E-state index is 13.0. The topological polar surface area (TPSA) is 114 Å². The number of β-amino-alcohol motifs (C(OH)–C–C–N with tert-alkyl or cyclic N) is 1. The highest BCUT2D eigenvalue weighted by atomic mass is 32.2. The van der Waals surface area contributed by atoms with Crippen LogP contribution in [0, 0.1) is 16.0 Å². The molecule has 0 aromatic heterocycles. The van der Waals surface area contributed by atoms with E-state index in [4.69, 9.17) is 4.74 Å². The van der Waals surface area contributed by atoms with Crippen molar-refractivity contribution in [2.45, 2.75) is 56.3 Å². The van der Waals surface area contributed by atoms with Crippen molar-refractivity contribution >= 4 is 17.7 Å². The van der Waals surface area contributed by atoms with Gasteiger partial charge in [0.2, 0.25) is 5.91 Å². The zero-order chi connectivity index (χ0) is 23.0. The SMILES string of the molecule is CSc1ccccc1OCC(O)CNC(C)(C)C(=O)N1CCC(C(C)O[N+](=O)[O-])CC1. The zero-order valence-electron chi connectivity index (χ0n) is 18.6. The number of carbonyl (C=O) groups is 1. The van der Waals surface area contributed by atoms with Gasteiger partial charge in [-0.15, -0.1) is 21.9 Å². The molecule has 31 heavy (non-hydrogen) atoms. The van der Waals surface area contributed by atoms with Crippen LogP contribution in [0.3, 0.4) is 0 Å². The monoisotopic (exact) mass is 455 g/mol. The van der Waals surface area contributed by atoms with Gasteiger partial charge in [0.15, 0.2) is 0 Å². The number of aliphatic hydroxyl groups excluding tert-OH is 1. The Labute approximate surface area is 187 Å². The molecule has 1 amide bonds. The average Bonchev–Trinajstić information content (AvgIpc) is 2.75. The number of rotatable bonds is 11. The summed E-state index contributed by atoms with van der Waals surface area (Å²) in [5.41, 5.74) is -0.853. The first-order valence-corrected chi connectivity index (χ1v) is 11.7. The van der Waals surface area contributed by atoms with Gasteiger partial charge in [0.25, 0.3) is 5.09 Å². The van der Waals surface area contributed by atoms with Crippen molar-refractivity contribution in [3.05, 3.63) is 34.4 Å². The molecule has 0 saturated carbocycles. The van der Waals surface area contributed by atoms with E-state index >= 15 is 0 Å². The van der Waals surface area contributed by atoms with Crippen LogP contribution < -0.4 is 10.1 Å². The van der Waals surface area contributed by atoms with E-state index < -0.39 is 22.8 Å². The van der Waals surface area contributed by atoms with Gasteiger partial charge in [-0.1, -0.05) is 12.1 Å². The van der Waals surface area contributed by atoms with E-state index in [2.05, 4.69) is 10.2 Å². The summed E-state index contributed by atoms with van der Waals surface area (Å²) in [6, 6.07) is 7.64. The van der Waals surface area contributed by atoms with Crippen molar-refractivity contribution in [3.63, 3.8) is 0 Å². The number of hydrogen-bond donors (Lipinski definition) is 2. The Balaban J connectivity index is 1.78. The van der Waals surface area contributed by atoms with Crippen LogP contribution in [-0.4, -0.2) is 71.2 Å². The molecule has 1 heterocycles. The highest BCUT2D eigenvalue weighted by Crippen LogP contribution is 2.27. The fraction of sp³-hybridized carbons (Fsp3) is 0.667. The quantitative estimate of drug-likeness (QED) is 0.297. The van der Waals surface area contributed by atoms with Crippen LogP contribution in [0.2, 0.25) is 0 Å². The first-order valence-electron chi connectivity index (χ1n) is 10.4. The number of piperidine rings is 1. The highest BCUT2D eigenvalue weighted by Gasteiger charge is 2.35. The van der Waals surface area contributed by atoms with Crippen LogP contribution in [0.15, 0.2) is 29.2 Å². The minimum atomic E-state index is -0.853. The van der Waals surface area contributed by atoms with Crippen LogP contribution in [0.25, 0.3) is 0 Å². The molecule has 1 aliphatic rings. The number of carbonyl (C=O) groups excluding carboxylic acids is 1. The molecule has 1 aliphatic heterocycles. The van der Waals surface area contributed by atoms with Crippen LogP contribution in [0.5, 0.6) is 5.75 Å². The molecule has 0 aliphatic carbocycles. The van der Waals surface area contributed by atoms with Crippen molar-refractivity contribution in [3.8, 4) is 5.75 Å². The molecular weight excluding hydrogens is 422 g/mol. The van der Waals surface area contributed by atoms with Crippen molar-refractivity contribution in [2.75, 3.05) is 32.5 Å². The summed E-state index contributed by atoms with van der Waals surface area (Å²) in [7, 11) is 0. The lowest BCUT2D eigenvalue weighted by atomic mass is 9.91. The standard InChI is InChI=1S/C21H33N3O6S/c1-15(30-24(27)28)16-9-11-23(12-10-16)20(26)21(2,3)22-13-17(25)14-29-18-7-5-6-8-19(18)31-4/h5-8,15-17,22,25H,9-14H2,1-4H3. The van der Waals surface area contributed by atoms with E-state index in [-0.39, 0.29) is 25.0 Å². The van der Waals surface area contributed by atoms with Crippen molar-refractivity contribution in [2.24, 2.45) is 5.92 Å². The molecule has 2 atom stereocenters. The predicted octanol–water partition coefficient (Wildman–Crippen LogP) is 2.35. The lowest BCUT2D eigenvalue weighted by molar-refractivity contribution is -0.769. The number of nitrogens with one attached hydrogen (secondary N) is 1. The molecule has 1 fully saturated rings. The molecule has 10 heteroatoms. The zero-order valence-corrected chi connectivity index (χ0v) is 19.4. The first kappa shape index (κ1) is 25.2. The van der Waals surface area contributed by atoms with Crippen molar-refractivity contribution in [1.29, 1.82) is 0 Å². The predicted molar refractivity (Wildman–Crippen MR) is 119 cm³/mol. The normalized spacial score (nSPS) is 17.1. The van der Waals surface area contributed by atoms with Gasteiger partial charge in [0.05, 0.1) is 5.54 Å². The summed E-state index contributed by atoms with van der Waals surface area (Å²) in [5.74, 6) is 0.714. The largest absolute Gasteiger partial charge is 0.490 e. The van der Waals surface area contributed by atoms with Crippen LogP contribution in [0.4, 0.5) is 0 Å². The summed E-state index contributed by atoms with van der Waals surface area (Å²) in [4.78, 5) is 30.9. The lowest BCUT2D eigenvalue weighted by Crippen LogP contribution is -2.57. The minimum Gasteiger partial charge on any atom is -0.490 e. The fourth-order valence-corrected chi connectivity index (χ4v) is 4.16. The molecule has 9 nitrogen and oxygen atoms in total. The van der Waals surface area contributed by atoms with E-state index in [1.54, 1.807) is 37.4 Å². The van der Waals surface area contributed by atoms with Crippen molar-refractivity contribution < 1.29 is 24.6 Å². The molecule has 0 bridgehead atoms. The Hall–Kier alpha value is -2.04. The first-order chi connectivity index (χ1) is 14.6. The fourth-order valence-electron chi connectivity index (χ4n) is 3.62. The summed E-state index contributed by atoms with van der Waals surface area (Å²) >= 11 is 1.58. The molecule has 0 spiro atoms.